The Morgan fingerprint density at radius 2 is 0.912 bits per heavy atom. The first-order valence-electron chi connectivity index (χ1n) is 19.2. The van der Waals surface area contributed by atoms with Gasteiger partial charge in [-0.2, -0.15) is 9.97 Å². The Kier molecular flexibility index (Phi) is 6.07. The zero-order valence-electron chi connectivity index (χ0n) is 30.4. The lowest BCUT2D eigenvalue weighted by Gasteiger charge is -2.15. The summed E-state index contributed by atoms with van der Waals surface area (Å²) in [6.45, 7) is 0. The predicted octanol–water partition coefficient (Wildman–Crippen LogP) is 13.0. The fourth-order valence-corrected chi connectivity index (χ4v) is 9.42. The molecule has 6 nitrogen and oxygen atoms in total. The van der Waals surface area contributed by atoms with E-state index in [0.29, 0.717) is 17.6 Å². The lowest BCUT2D eigenvalue weighted by atomic mass is 9.95. The summed E-state index contributed by atoms with van der Waals surface area (Å²) in [7, 11) is 0. The molecular formula is C51H29N5O. The Labute approximate surface area is 324 Å². The minimum atomic E-state index is 0.543. The van der Waals surface area contributed by atoms with E-state index in [2.05, 4.69) is 137 Å². The van der Waals surface area contributed by atoms with Gasteiger partial charge in [0.2, 0.25) is 5.95 Å². The summed E-state index contributed by atoms with van der Waals surface area (Å²) < 4.78 is 11.0. The van der Waals surface area contributed by atoms with E-state index in [4.69, 9.17) is 19.4 Å². The third kappa shape index (κ3) is 4.16. The number of aromatic nitrogens is 5. The van der Waals surface area contributed by atoms with Gasteiger partial charge in [-0.15, -0.1) is 0 Å². The van der Waals surface area contributed by atoms with Gasteiger partial charge in [0, 0.05) is 43.4 Å². The van der Waals surface area contributed by atoms with Crippen molar-refractivity contribution < 1.29 is 4.42 Å². The van der Waals surface area contributed by atoms with Crippen molar-refractivity contribution in [1.82, 2.24) is 24.1 Å². The van der Waals surface area contributed by atoms with Crippen LogP contribution in [0.4, 0.5) is 0 Å². The van der Waals surface area contributed by atoms with Crippen molar-refractivity contribution in [3.8, 4) is 34.4 Å². The van der Waals surface area contributed by atoms with Crippen LogP contribution in [0.3, 0.4) is 0 Å². The van der Waals surface area contributed by atoms with E-state index in [1.165, 1.54) is 32.3 Å². The van der Waals surface area contributed by atoms with Gasteiger partial charge in [-0.05, 0) is 57.9 Å². The molecule has 0 aliphatic rings. The molecule has 0 saturated carbocycles. The zero-order valence-corrected chi connectivity index (χ0v) is 30.4. The number of para-hydroxylation sites is 3. The van der Waals surface area contributed by atoms with Crippen LogP contribution in [0.15, 0.2) is 180 Å². The SMILES string of the molecule is c1ccc(-c2nc(-c3cccc4oc5ccccc5c34)nc(-n3c4ccccc4c4cccc(-n5c6cccc7c8ccccc8c8cccc5c8c76)c43)n2)cc1. The van der Waals surface area contributed by atoms with Gasteiger partial charge < -0.3 is 8.98 Å². The second kappa shape index (κ2) is 11.4. The molecule has 13 aromatic rings. The molecule has 0 amide bonds. The second-order valence-electron chi connectivity index (χ2n) is 14.7. The predicted molar refractivity (Wildman–Crippen MR) is 233 cm³/mol. The minimum absolute atomic E-state index is 0.543. The summed E-state index contributed by atoms with van der Waals surface area (Å²) in [6.07, 6.45) is 0. The van der Waals surface area contributed by atoms with Gasteiger partial charge in [0.15, 0.2) is 11.6 Å². The Balaban J connectivity index is 1.17. The maximum Gasteiger partial charge on any atom is 0.238 e. The van der Waals surface area contributed by atoms with Crippen LogP contribution in [0.25, 0.3) is 122 Å². The van der Waals surface area contributed by atoms with Gasteiger partial charge in [0.25, 0.3) is 0 Å². The van der Waals surface area contributed by atoms with E-state index in [1.807, 2.05) is 48.5 Å². The summed E-state index contributed by atoms with van der Waals surface area (Å²) in [6, 6.07) is 61.8. The van der Waals surface area contributed by atoms with Crippen molar-refractivity contribution >= 4 is 87.1 Å². The molecular weight excluding hydrogens is 699 g/mol. The third-order valence-corrected chi connectivity index (χ3v) is 11.7. The lowest BCUT2D eigenvalue weighted by Crippen LogP contribution is -2.08. The quantitative estimate of drug-likeness (QED) is 0.169. The molecule has 0 bridgehead atoms. The van der Waals surface area contributed by atoms with Gasteiger partial charge in [-0.3, -0.25) is 4.57 Å². The van der Waals surface area contributed by atoms with Crippen molar-refractivity contribution in [3.05, 3.63) is 176 Å². The molecule has 4 aromatic heterocycles. The highest BCUT2D eigenvalue weighted by atomic mass is 16.3. The number of fused-ring (bicyclic) bond motifs is 9. The topological polar surface area (TPSA) is 61.7 Å². The Morgan fingerprint density at radius 3 is 1.68 bits per heavy atom. The monoisotopic (exact) mass is 727 g/mol. The van der Waals surface area contributed by atoms with Crippen LogP contribution in [0.5, 0.6) is 0 Å². The van der Waals surface area contributed by atoms with E-state index in [0.717, 1.165) is 71.6 Å². The summed E-state index contributed by atoms with van der Waals surface area (Å²) in [5.41, 5.74) is 8.83. The molecule has 0 aliphatic heterocycles. The molecule has 0 radical (unpaired) electrons. The molecule has 4 heterocycles. The van der Waals surface area contributed by atoms with Crippen LogP contribution in [0.2, 0.25) is 0 Å². The standard InChI is InChI=1S/C51H29N5O/c1-2-14-30(15-3-1)49-52-50(38-23-13-29-44-45(38)37-19-7-9-28-43(37)57-44)54-51(53-49)56-39-24-8-6-18-33(39)36-22-12-27-42(48(36)56)55-40-25-10-20-34-31-16-4-5-17-32(31)35-21-11-26-41(55)47(35)46(34)40/h1-29H. The maximum absolute atomic E-state index is 6.34. The molecule has 264 valence electrons. The lowest BCUT2D eigenvalue weighted by molar-refractivity contribution is 0.669. The molecule has 0 spiro atoms. The van der Waals surface area contributed by atoms with Gasteiger partial charge >= 0.3 is 0 Å². The number of nitrogens with zero attached hydrogens (tertiary/aromatic N) is 5. The van der Waals surface area contributed by atoms with E-state index >= 15 is 0 Å². The van der Waals surface area contributed by atoms with E-state index in [9.17, 15) is 0 Å². The van der Waals surface area contributed by atoms with Crippen molar-refractivity contribution in [2.24, 2.45) is 0 Å². The van der Waals surface area contributed by atoms with E-state index in [1.54, 1.807) is 0 Å². The molecule has 0 atom stereocenters. The normalized spacial score (nSPS) is 12.2. The fourth-order valence-electron chi connectivity index (χ4n) is 9.42. The van der Waals surface area contributed by atoms with Crippen molar-refractivity contribution in [2.45, 2.75) is 0 Å². The highest BCUT2D eigenvalue weighted by Crippen LogP contribution is 2.45. The first kappa shape index (κ1) is 30.5. The molecule has 13 rings (SSSR count). The molecule has 9 aromatic carbocycles. The number of furan rings is 1. The van der Waals surface area contributed by atoms with Crippen LogP contribution in [-0.2, 0) is 0 Å². The van der Waals surface area contributed by atoms with Crippen molar-refractivity contribution in [1.29, 1.82) is 0 Å². The van der Waals surface area contributed by atoms with E-state index in [-0.39, 0.29) is 0 Å². The molecule has 0 aliphatic carbocycles. The van der Waals surface area contributed by atoms with Gasteiger partial charge in [-0.1, -0.05) is 140 Å². The van der Waals surface area contributed by atoms with E-state index < -0.39 is 0 Å². The molecule has 0 unspecified atom stereocenters. The number of rotatable bonds is 4. The average Bonchev–Trinajstić information content (AvgIpc) is 3.95. The van der Waals surface area contributed by atoms with Crippen molar-refractivity contribution in [2.75, 3.05) is 0 Å². The molecule has 0 N–H and O–H groups in total. The van der Waals surface area contributed by atoms with Gasteiger partial charge in [0.1, 0.15) is 11.2 Å². The zero-order chi connectivity index (χ0) is 37.2. The fraction of sp³-hybridized carbons (Fsp3) is 0. The van der Waals surface area contributed by atoms with Crippen LogP contribution in [0, 0.1) is 0 Å². The first-order valence-corrected chi connectivity index (χ1v) is 19.2. The number of hydrogen-bond acceptors (Lipinski definition) is 4. The van der Waals surface area contributed by atoms with Gasteiger partial charge in [0.05, 0.1) is 27.8 Å². The summed E-state index contributed by atoms with van der Waals surface area (Å²) in [5.74, 6) is 1.72. The average molecular weight is 728 g/mol. The largest absolute Gasteiger partial charge is 0.456 e. The first-order chi connectivity index (χ1) is 28.3. The molecule has 57 heavy (non-hydrogen) atoms. The Bertz CT molecular complexity index is 3670. The Morgan fingerprint density at radius 1 is 0.351 bits per heavy atom. The van der Waals surface area contributed by atoms with Crippen LogP contribution in [-0.4, -0.2) is 24.1 Å². The summed E-state index contributed by atoms with van der Waals surface area (Å²) >= 11 is 0. The van der Waals surface area contributed by atoms with Crippen molar-refractivity contribution in [3.63, 3.8) is 0 Å². The number of benzene rings is 9. The van der Waals surface area contributed by atoms with Crippen LogP contribution in [0.1, 0.15) is 0 Å². The highest BCUT2D eigenvalue weighted by Gasteiger charge is 2.25. The van der Waals surface area contributed by atoms with Gasteiger partial charge in [-0.25, -0.2) is 4.98 Å². The second-order valence-corrected chi connectivity index (χ2v) is 14.7. The highest BCUT2D eigenvalue weighted by molar-refractivity contribution is 6.34. The Hall–Kier alpha value is -7.83. The molecule has 0 fully saturated rings. The summed E-state index contributed by atoms with van der Waals surface area (Å²) in [5, 5.41) is 11.8. The maximum atomic E-state index is 6.34. The third-order valence-electron chi connectivity index (χ3n) is 11.7. The minimum Gasteiger partial charge on any atom is -0.456 e. The molecule has 6 heteroatoms. The number of hydrogen-bond donors (Lipinski definition) is 0. The van der Waals surface area contributed by atoms with Crippen LogP contribution < -0.4 is 0 Å². The molecule has 0 saturated heterocycles. The van der Waals surface area contributed by atoms with Crippen LogP contribution >= 0.6 is 0 Å². The summed E-state index contributed by atoms with van der Waals surface area (Å²) in [4.78, 5) is 15.9. The smallest absolute Gasteiger partial charge is 0.238 e.